The van der Waals surface area contributed by atoms with Gasteiger partial charge in [0.25, 0.3) is 5.91 Å². The second kappa shape index (κ2) is 7.17. The Morgan fingerprint density at radius 2 is 1.68 bits per heavy atom. The SMILES string of the molecule is CC(NC(=O)CN1C(=O)NC(c2ccccc2)C1=O)c1ccccc1. The Morgan fingerprint density at radius 1 is 1.08 bits per heavy atom. The maximum atomic E-state index is 12.5. The fraction of sp³-hybridized carbons (Fsp3) is 0.211. The number of rotatable bonds is 5. The van der Waals surface area contributed by atoms with E-state index in [9.17, 15) is 14.4 Å². The fourth-order valence-electron chi connectivity index (χ4n) is 2.80. The van der Waals surface area contributed by atoms with E-state index in [-0.39, 0.29) is 18.5 Å². The molecule has 2 N–H and O–H groups in total. The summed E-state index contributed by atoms with van der Waals surface area (Å²) in [5, 5.41) is 5.42. The van der Waals surface area contributed by atoms with Gasteiger partial charge in [-0.2, -0.15) is 0 Å². The van der Waals surface area contributed by atoms with Crippen LogP contribution in [-0.2, 0) is 9.59 Å². The lowest BCUT2D eigenvalue weighted by Gasteiger charge is -2.17. The number of hydrogen-bond donors (Lipinski definition) is 2. The minimum absolute atomic E-state index is 0.209. The van der Waals surface area contributed by atoms with Crippen molar-refractivity contribution in [3.8, 4) is 0 Å². The number of urea groups is 1. The fourth-order valence-corrected chi connectivity index (χ4v) is 2.80. The number of hydrogen-bond acceptors (Lipinski definition) is 3. The van der Waals surface area contributed by atoms with Gasteiger partial charge in [0.2, 0.25) is 5.91 Å². The van der Waals surface area contributed by atoms with Gasteiger partial charge in [0, 0.05) is 0 Å². The van der Waals surface area contributed by atoms with Crippen LogP contribution in [0.3, 0.4) is 0 Å². The van der Waals surface area contributed by atoms with E-state index in [1.165, 1.54) is 0 Å². The standard InChI is InChI=1S/C19H19N3O3/c1-13(14-8-4-2-5-9-14)20-16(23)12-22-18(24)17(21-19(22)25)15-10-6-3-7-11-15/h2-11,13,17H,12H2,1H3,(H,20,23)(H,21,25). The molecule has 3 rings (SSSR count). The largest absolute Gasteiger partial charge is 0.348 e. The van der Waals surface area contributed by atoms with Gasteiger partial charge in [-0.25, -0.2) is 4.79 Å². The third-order valence-corrected chi connectivity index (χ3v) is 4.14. The lowest BCUT2D eigenvalue weighted by atomic mass is 10.1. The Balaban J connectivity index is 1.63. The van der Waals surface area contributed by atoms with Crippen LogP contribution in [0.15, 0.2) is 60.7 Å². The van der Waals surface area contributed by atoms with Gasteiger partial charge in [-0.1, -0.05) is 60.7 Å². The molecule has 128 valence electrons. The molecule has 1 aliphatic rings. The van der Waals surface area contributed by atoms with Crippen molar-refractivity contribution in [2.45, 2.75) is 19.0 Å². The molecule has 0 radical (unpaired) electrons. The first kappa shape index (κ1) is 16.7. The number of nitrogens with one attached hydrogen (secondary N) is 2. The second-order valence-corrected chi connectivity index (χ2v) is 5.92. The Hall–Kier alpha value is -3.15. The van der Waals surface area contributed by atoms with Gasteiger partial charge in [0.15, 0.2) is 0 Å². The van der Waals surface area contributed by atoms with Crippen molar-refractivity contribution in [1.29, 1.82) is 0 Å². The highest BCUT2D eigenvalue weighted by Crippen LogP contribution is 2.21. The first-order valence-corrected chi connectivity index (χ1v) is 8.07. The molecule has 2 atom stereocenters. The molecule has 1 heterocycles. The predicted octanol–water partition coefficient (Wildman–Crippen LogP) is 2.16. The molecule has 0 aromatic heterocycles. The van der Waals surface area contributed by atoms with Crippen molar-refractivity contribution in [3.63, 3.8) is 0 Å². The van der Waals surface area contributed by atoms with Gasteiger partial charge in [0.05, 0.1) is 6.04 Å². The van der Waals surface area contributed by atoms with Gasteiger partial charge >= 0.3 is 6.03 Å². The van der Waals surface area contributed by atoms with Crippen molar-refractivity contribution in [2.24, 2.45) is 0 Å². The van der Waals surface area contributed by atoms with Crippen LogP contribution in [0.2, 0.25) is 0 Å². The third-order valence-electron chi connectivity index (χ3n) is 4.14. The number of amides is 4. The Morgan fingerprint density at radius 3 is 2.32 bits per heavy atom. The lowest BCUT2D eigenvalue weighted by molar-refractivity contribution is -0.132. The molecule has 1 fully saturated rings. The summed E-state index contributed by atoms with van der Waals surface area (Å²) < 4.78 is 0. The number of benzene rings is 2. The van der Waals surface area contributed by atoms with E-state index in [1.54, 1.807) is 24.3 Å². The zero-order valence-electron chi connectivity index (χ0n) is 13.8. The summed E-state index contributed by atoms with van der Waals surface area (Å²) in [5.41, 5.74) is 1.65. The molecule has 0 saturated carbocycles. The average Bonchev–Trinajstić information content (AvgIpc) is 2.91. The first-order chi connectivity index (χ1) is 12.1. The molecule has 2 unspecified atom stereocenters. The van der Waals surface area contributed by atoms with E-state index in [0.717, 1.165) is 10.5 Å². The van der Waals surface area contributed by atoms with Gasteiger partial charge < -0.3 is 10.6 Å². The van der Waals surface area contributed by atoms with E-state index in [2.05, 4.69) is 10.6 Å². The van der Waals surface area contributed by atoms with Crippen LogP contribution in [0, 0.1) is 0 Å². The minimum Gasteiger partial charge on any atom is -0.348 e. The van der Waals surface area contributed by atoms with E-state index >= 15 is 0 Å². The number of carbonyl (C=O) groups is 3. The van der Waals surface area contributed by atoms with E-state index in [0.29, 0.717) is 5.56 Å². The summed E-state index contributed by atoms with van der Waals surface area (Å²) in [6, 6.07) is 16.9. The van der Waals surface area contributed by atoms with Crippen LogP contribution in [-0.4, -0.2) is 29.3 Å². The summed E-state index contributed by atoms with van der Waals surface area (Å²) in [7, 11) is 0. The van der Waals surface area contributed by atoms with Gasteiger partial charge in [-0.3, -0.25) is 14.5 Å². The molecule has 1 saturated heterocycles. The Kier molecular flexibility index (Phi) is 4.79. The van der Waals surface area contributed by atoms with Gasteiger partial charge in [-0.05, 0) is 18.1 Å². The topological polar surface area (TPSA) is 78.5 Å². The summed E-state index contributed by atoms with van der Waals surface area (Å²) >= 11 is 0. The molecule has 6 heteroatoms. The Labute approximate surface area is 145 Å². The smallest absolute Gasteiger partial charge is 0.325 e. The van der Waals surface area contributed by atoms with Crippen molar-refractivity contribution >= 4 is 17.8 Å². The van der Waals surface area contributed by atoms with Crippen molar-refractivity contribution in [1.82, 2.24) is 15.5 Å². The van der Waals surface area contributed by atoms with Crippen molar-refractivity contribution in [2.75, 3.05) is 6.54 Å². The highest BCUT2D eigenvalue weighted by atomic mass is 16.2. The quantitative estimate of drug-likeness (QED) is 0.821. The van der Waals surface area contributed by atoms with Crippen LogP contribution < -0.4 is 10.6 Å². The van der Waals surface area contributed by atoms with Crippen LogP contribution in [0.1, 0.15) is 30.1 Å². The summed E-state index contributed by atoms with van der Waals surface area (Å²) in [6.07, 6.45) is 0. The first-order valence-electron chi connectivity index (χ1n) is 8.07. The van der Waals surface area contributed by atoms with E-state index < -0.39 is 18.0 Å². The molecular formula is C19H19N3O3. The molecular weight excluding hydrogens is 318 g/mol. The third kappa shape index (κ3) is 3.68. The highest BCUT2D eigenvalue weighted by molar-refractivity contribution is 6.06. The molecule has 2 aromatic carbocycles. The molecule has 0 aliphatic carbocycles. The minimum atomic E-state index is -0.743. The number of nitrogens with zero attached hydrogens (tertiary/aromatic N) is 1. The summed E-state index contributed by atoms with van der Waals surface area (Å²) in [4.78, 5) is 37.7. The van der Waals surface area contributed by atoms with Crippen LogP contribution in [0.4, 0.5) is 4.79 Å². The zero-order valence-corrected chi connectivity index (χ0v) is 13.8. The summed E-state index contributed by atoms with van der Waals surface area (Å²) in [5.74, 6) is -0.799. The molecule has 25 heavy (non-hydrogen) atoms. The van der Waals surface area contributed by atoms with Gasteiger partial charge in [0.1, 0.15) is 12.6 Å². The average molecular weight is 337 g/mol. The van der Waals surface area contributed by atoms with Crippen LogP contribution in [0.5, 0.6) is 0 Å². The number of carbonyl (C=O) groups excluding carboxylic acids is 3. The van der Waals surface area contributed by atoms with Crippen molar-refractivity contribution in [3.05, 3.63) is 71.8 Å². The molecule has 2 aromatic rings. The normalized spacial score (nSPS) is 18.0. The maximum Gasteiger partial charge on any atom is 0.325 e. The monoisotopic (exact) mass is 337 g/mol. The highest BCUT2D eigenvalue weighted by Gasteiger charge is 2.39. The summed E-state index contributed by atoms with van der Waals surface area (Å²) in [6.45, 7) is 1.55. The maximum absolute atomic E-state index is 12.5. The van der Waals surface area contributed by atoms with Crippen LogP contribution in [0.25, 0.3) is 0 Å². The Bertz CT molecular complexity index is 777. The van der Waals surface area contributed by atoms with Crippen molar-refractivity contribution < 1.29 is 14.4 Å². The molecule has 1 aliphatic heterocycles. The predicted molar refractivity (Wildman–Crippen MR) is 92.4 cm³/mol. The van der Waals surface area contributed by atoms with Crippen LogP contribution >= 0.6 is 0 Å². The molecule has 6 nitrogen and oxygen atoms in total. The molecule has 4 amide bonds. The molecule has 0 bridgehead atoms. The van der Waals surface area contributed by atoms with E-state index in [1.807, 2.05) is 43.3 Å². The molecule has 0 spiro atoms. The van der Waals surface area contributed by atoms with Gasteiger partial charge in [-0.15, -0.1) is 0 Å². The van der Waals surface area contributed by atoms with E-state index in [4.69, 9.17) is 0 Å². The second-order valence-electron chi connectivity index (χ2n) is 5.92. The lowest BCUT2D eigenvalue weighted by Crippen LogP contribution is -2.41. The number of imide groups is 1. The zero-order chi connectivity index (χ0) is 17.8.